The zero-order chi connectivity index (χ0) is 12.4. The summed E-state index contributed by atoms with van der Waals surface area (Å²) in [7, 11) is 0. The maximum absolute atomic E-state index is 11.1. The molecule has 1 fully saturated rings. The predicted octanol–water partition coefficient (Wildman–Crippen LogP) is 2.91. The zero-order valence-electron chi connectivity index (χ0n) is 10.4. The third-order valence-electron chi connectivity index (χ3n) is 3.23. The summed E-state index contributed by atoms with van der Waals surface area (Å²) in [4.78, 5) is 15.4. The van der Waals surface area contributed by atoms with E-state index >= 15 is 0 Å². The van der Waals surface area contributed by atoms with Crippen molar-refractivity contribution in [1.82, 2.24) is 4.98 Å². The molecule has 0 saturated heterocycles. The lowest BCUT2D eigenvalue weighted by atomic mass is 9.83. The molecule has 1 N–H and O–H groups in total. The Hall–Kier alpha value is -1.32. The fraction of sp³-hybridized carbons (Fsp3) is 0.692. The number of nitrogens with zero attached hydrogens (tertiary/aromatic N) is 1. The number of carbonyl (C=O) groups is 1. The van der Waals surface area contributed by atoms with Crippen molar-refractivity contribution in [3.05, 3.63) is 17.3 Å². The van der Waals surface area contributed by atoms with Gasteiger partial charge in [0.2, 0.25) is 5.76 Å². The Morgan fingerprint density at radius 1 is 1.53 bits per heavy atom. The van der Waals surface area contributed by atoms with E-state index in [1.165, 1.54) is 19.3 Å². The van der Waals surface area contributed by atoms with Gasteiger partial charge in [-0.05, 0) is 31.1 Å². The van der Waals surface area contributed by atoms with E-state index in [9.17, 15) is 4.79 Å². The minimum Gasteiger partial charge on any atom is -0.475 e. The third kappa shape index (κ3) is 2.87. The van der Waals surface area contributed by atoms with Crippen LogP contribution in [0.15, 0.2) is 4.42 Å². The van der Waals surface area contributed by atoms with Crippen LogP contribution in [-0.2, 0) is 12.8 Å². The lowest BCUT2D eigenvalue weighted by molar-refractivity contribution is 0.0657. The highest BCUT2D eigenvalue weighted by molar-refractivity contribution is 5.85. The molecule has 1 heterocycles. The minimum absolute atomic E-state index is 0.0352. The highest BCUT2D eigenvalue weighted by Gasteiger charge is 2.24. The van der Waals surface area contributed by atoms with Crippen LogP contribution < -0.4 is 0 Å². The molecule has 1 saturated carbocycles. The molecule has 0 atom stereocenters. The molecule has 94 valence electrons. The molecule has 1 aromatic heterocycles. The molecular weight excluding hydrogens is 218 g/mol. The highest BCUT2D eigenvalue weighted by Crippen LogP contribution is 2.30. The van der Waals surface area contributed by atoms with Gasteiger partial charge in [0.05, 0.1) is 5.69 Å². The van der Waals surface area contributed by atoms with Crippen LogP contribution in [0.3, 0.4) is 0 Å². The maximum atomic E-state index is 11.1. The summed E-state index contributed by atoms with van der Waals surface area (Å²) in [5.74, 6) is 0.653. The van der Waals surface area contributed by atoms with E-state index in [2.05, 4.69) is 4.98 Å². The minimum atomic E-state index is -1.01. The van der Waals surface area contributed by atoms with E-state index in [0.29, 0.717) is 29.8 Å². The summed E-state index contributed by atoms with van der Waals surface area (Å²) in [6.07, 6.45) is 5.15. The van der Waals surface area contributed by atoms with Gasteiger partial charge in [0, 0.05) is 6.42 Å². The van der Waals surface area contributed by atoms with Crippen molar-refractivity contribution in [1.29, 1.82) is 0 Å². The fourth-order valence-electron chi connectivity index (χ4n) is 2.12. The second kappa shape index (κ2) is 4.90. The largest absolute Gasteiger partial charge is 0.475 e. The standard InChI is InChI=1S/C13H19NO3/c1-8(2)6-10-12(13(15)16)17-11(14-10)7-9-4-3-5-9/h8-9H,3-7H2,1-2H3,(H,15,16). The normalized spacial score (nSPS) is 16.2. The number of carboxylic acid groups (broad SMARTS) is 1. The first-order valence-electron chi connectivity index (χ1n) is 6.28. The van der Waals surface area contributed by atoms with Crippen LogP contribution in [-0.4, -0.2) is 16.1 Å². The summed E-state index contributed by atoms with van der Waals surface area (Å²) < 4.78 is 5.37. The van der Waals surface area contributed by atoms with Gasteiger partial charge in [-0.3, -0.25) is 0 Å². The van der Waals surface area contributed by atoms with Gasteiger partial charge in [0.15, 0.2) is 5.89 Å². The molecular formula is C13H19NO3. The Morgan fingerprint density at radius 3 is 2.71 bits per heavy atom. The fourth-order valence-corrected chi connectivity index (χ4v) is 2.12. The summed E-state index contributed by atoms with van der Waals surface area (Å²) >= 11 is 0. The van der Waals surface area contributed by atoms with Crippen molar-refractivity contribution < 1.29 is 14.3 Å². The Bertz CT molecular complexity index is 405. The number of rotatable bonds is 5. The van der Waals surface area contributed by atoms with Crippen LogP contribution in [0.5, 0.6) is 0 Å². The molecule has 1 aliphatic carbocycles. The molecule has 2 rings (SSSR count). The zero-order valence-corrected chi connectivity index (χ0v) is 10.4. The lowest BCUT2D eigenvalue weighted by Gasteiger charge is -2.23. The molecule has 0 bridgehead atoms. The molecule has 4 heteroatoms. The van der Waals surface area contributed by atoms with Gasteiger partial charge in [-0.2, -0.15) is 0 Å². The van der Waals surface area contributed by atoms with E-state index in [1.807, 2.05) is 13.8 Å². The van der Waals surface area contributed by atoms with Gasteiger partial charge in [-0.15, -0.1) is 0 Å². The van der Waals surface area contributed by atoms with Gasteiger partial charge < -0.3 is 9.52 Å². The van der Waals surface area contributed by atoms with Crippen molar-refractivity contribution in [2.75, 3.05) is 0 Å². The number of hydrogen-bond acceptors (Lipinski definition) is 3. The van der Waals surface area contributed by atoms with E-state index in [1.54, 1.807) is 0 Å². The average Bonchev–Trinajstić information content (AvgIpc) is 2.54. The first kappa shape index (κ1) is 12.1. The molecule has 4 nitrogen and oxygen atoms in total. The summed E-state index contributed by atoms with van der Waals surface area (Å²) in [6.45, 7) is 4.10. The summed E-state index contributed by atoms with van der Waals surface area (Å²) in [6, 6.07) is 0. The van der Waals surface area contributed by atoms with Gasteiger partial charge in [0.25, 0.3) is 0 Å². The van der Waals surface area contributed by atoms with Crippen LogP contribution in [0, 0.1) is 11.8 Å². The molecule has 0 unspecified atom stereocenters. The van der Waals surface area contributed by atoms with Crippen LogP contribution in [0.1, 0.15) is 55.2 Å². The highest BCUT2D eigenvalue weighted by atomic mass is 16.4. The smallest absolute Gasteiger partial charge is 0.373 e. The van der Waals surface area contributed by atoms with Gasteiger partial charge in [-0.25, -0.2) is 9.78 Å². The Kier molecular flexibility index (Phi) is 3.50. The molecule has 17 heavy (non-hydrogen) atoms. The number of oxazole rings is 1. The van der Waals surface area contributed by atoms with Crippen molar-refractivity contribution in [2.45, 2.75) is 46.0 Å². The lowest BCUT2D eigenvalue weighted by Crippen LogP contribution is -2.13. The number of hydrogen-bond donors (Lipinski definition) is 1. The summed E-state index contributed by atoms with van der Waals surface area (Å²) in [5.41, 5.74) is 0.599. The van der Waals surface area contributed by atoms with Crippen LogP contribution in [0.2, 0.25) is 0 Å². The first-order chi connectivity index (χ1) is 8.06. The van der Waals surface area contributed by atoms with Gasteiger partial charge in [-0.1, -0.05) is 20.3 Å². The molecule has 1 aromatic rings. The topological polar surface area (TPSA) is 63.3 Å². The molecule has 0 aliphatic heterocycles. The molecule has 0 radical (unpaired) electrons. The monoisotopic (exact) mass is 237 g/mol. The van der Waals surface area contributed by atoms with Crippen molar-refractivity contribution in [2.24, 2.45) is 11.8 Å². The van der Waals surface area contributed by atoms with Crippen molar-refractivity contribution >= 4 is 5.97 Å². The molecule has 1 aliphatic rings. The van der Waals surface area contributed by atoms with Crippen molar-refractivity contribution in [3.8, 4) is 0 Å². The number of aromatic carboxylic acids is 1. The first-order valence-corrected chi connectivity index (χ1v) is 6.28. The van der Waals surface area contributed by atoms with E-state index in [0.717, 1.165) is 6.42 Å². The molecule has 0 amide bonds. The second-order valence-corrected chi connectivity index (χ2v) is 5.29. The molecule has 0 aromatic carbocycles. The van der Waals surface area contributed by atoms with Crippen LogP contribution >= 0.6 is 0 Å². The third-order valence-corrected chi connectivity index (χ3v) is 3.23. The Balaban J connectivity index is 2.14. The van der Waals surface area contributed by atoms with E-state index in [-0.39, 0.29) is 5.76 Å². The number of carboxylic acids is 1. The van der Waals surface area contributed by atoms with E-state index in [4.69, 9.17) is 9.52 Å². The summed E-state index contributed by atoms with van der Waals surface area (Å²) in [5, 5.41) is 9.06. The Morgan fingerprint density at radius 2 is 2.24 bits per heavy atom. The van der Waals surface area contributed by atoms with Crippen molar-refractivity contribution in [3.63, 3.8) is 0 Å². The van der Waals surface area contributed by atoms with Gasteiger partial charge >= 0.3 is 5.97 Å². The quantitative estimate of drug-likeness (QED) is 0.855. The van der Waals surface area contributed by atoms with E-state index < -0.39 is 5.97 Å². The predicted molar refractivity (Wildman–Crippen MR) is 63.0 cm³/mol. The van der Waals surface area contributed by atoms with Crippen LogP contribution in [0.25, 0.3) is 0 Å². The van der Waals surface area contributed by atoms with Crippen LogP contribution in [0.4, 0.5) is 0 Å². The average molecular weight is 237 g/mol. The number of aromatic nitrogens is 1. The second-order valence-electron chi connectivity index (χ2n) is 5.29. The maximum Gasteiger partial charge on any atom is 0.373 e. The van der Waals surface area contributed by atoms with Gasteiger partial charge in [0.1, 0.15) is 0 Å². The molecule has 0 spiro atoms. The Labute approximate surface area is 101 Å². The SMILES string of the molecule is CC(C)Cc1nc(CC2CCC2)oc1C(=O)O.